The molecule has 0 radical (unpaired) electrons. The van der Waals surface area contributed by atoms with E-state index in [0.717, 1.165) is 13.1 Å². The molecule has 1 aliphatic heterocycles. The van der Waals surface area contributed by atoms with Gasteiger partial charge in [-0.2, -0.15) is 0 Å². The van der Waals surface area contributed by atoms with E-state index < -0.39 is 0 Å². The van der Waals surface area contributed by atoms with Crippen molar-refractivity contribution in [3.05, 3.63) is 0 Å². The van der Waals surface area contributed by atoms with E-state index in [4.69, 9.17) is 5.11 Å². The molecule has 0 aromatic heterocycles. The first kappa shape index (κ1) is 8.02. The molecule has 2 heteroatoms. The summed E-state index contributed by atoms with van der Waals surface area (Å²) in [6.45, 7) is 8.42. The van der Waals surface area contributed by atoms with E-state index in [2.05, 4.69) is 18.7 Å². The summed E-state index contributed by atoms with van der Waals surface area (Å²) in [6, 6.07) is 0.648. The molecule has 10 heavy (non-hydrogen) atoms. The molecule has 1 heterocycles. The Hall–Kier alpha value is -0.0800. The number of aliphatic hydroxyl groups is 1. The van der Waals surface area contributed by atoms with Gasteiger partial charge in [0.05, 0.1) is 6.10 Å². The van der Waals surface area contributed by atoms with Crippen LogP contribution in [0.1, 0.15) is 20.8 Å². The third-order valence-corrected chi connectivity index (χ3v) is 2.35. The predicted molar refractivity (Wildman–Crippen MR) is 41.9 cm³/mol. The Labute approximate surface area is 62.8 Å². The topological polar surface area (TPSA) is 23.5 Å². The Morgan fingerprint density at radius 3 is 2.10 bits per heavy atom. The van der Waals surface area contributed by atoms with E-state index in [1.54, 1.807) is 0 Å². The number of likely N-dealkylation sites (tertiary alicyclic amines) is 1. The minimum Gasteiger partial charge on any atom is -0.393 e. The van der Waals surface area contributed by atoms with Gasteiger partial charge in [-0.05, 0) is 20.8 Å². The lowest BCUT2D eigenvalue weighted by atomic mass is 9.93. The third-order valence-electron chi connectivity index (χ3n) is 2.35. The normalized spacial score (nSPS) is 24.9. The van der Waals surface area contributed by atoms with Gasteiger partial charge >= 0.3 is 0 Å². The van der Waals surface area contributed by atoms with Crippen molar-refractivity contribution < 1.29 is 5.11 Å². The average molecular weight is 143 g/mol. The Morgan fingerprint density at radius 2 is 1.80 bits per heavy atom. The zero-order valence-corrected chi connectivity index (χ0v) is 7.04. The highest BCUT2D eigenvalue weighted by Gasteiger charge is 2.31. The van der Waals surface area contributed by atoms with Crippen molar-refractivity contribution >= 4 is 0 Å². The van der Waals surface area contributed by atoms with Crippen molar-refractivity contribution in [2.45, 2.75) is 32.9 Å². The monoisotopic (exact) mass is 143 g/mol. The molecule has 0 aliphatic carbocycles. The van der Waals surface area contributed by atoms with Crippen molar-refractivity contribution in [3.8, 4) is 0 Å². The molecule has 0 amide bonds. The van der Waals surface area contributed by atoms with Crippen LogP contribution in [0.25, 0.3) is 0 Å². The van der Waals surface area contributed by atoms with Crippen LogP contribution in [0.3, 0.4) is 0 Å². The lowest BCUT2D eigenvalue weighted by Crippen LogP contribution is -2.53. The minimum absolute atomic E-state index is 0.116. The van der Waals surface area contributed by atoms with Gasteiger partial charge in [0.15, 0.2) is 0 Å². The molecule has 0 unspecified atom stereocenters. The van der Waals surface area contributed by atoms with Crippen LogP contribution in [0, 0.1) is 5.92 Å². The van der Waals surface area contributed by atoms with Crippen LogP contribution in [0.4, 0.5) is 0 Å². The number of aliphatic hydroxyl groups excluding tert-OH is 1. The summed E-state index contributed by atoms with van der Waals surface area (Å²) in [6.07, 6.45) is -0.116. The highest BCUT2D eigenvalue weighted by molar-refractivity contribution is 4.84. The van der Waals surface area contributed by atoms with Crippen LogP contribution in [-0.2, 0) is 0 Å². The lowest BCUT2D eigenvalue weighted by Gasteiger charge is -2.43. The number of nitrogens with zero attached hydrogens (tertiary/aromatic N) is 1. The molecule has 1 saturated heterocycles. The molecule has 1 atom stereocenters. The van der Waals surface area contributed by atoms with E-state index >= 15 is 0 Å². The van der Waals surface area contributed by atoms with Gasteiger partial charge in [0.2, 0.25) is 0 Å². The maximum atomic E-state index is 9.15. The quantitative estimate of drug-likeness (QED) is 0.615. The Kier molecular flexibility index (Phi) is 2.32. The van der Waals surface area contributed by atoms with Gasteiger partial charge in [-0.25, -0.2) is 0 Å². The first-order chi connectivity index (χ1) is 4.61. The van der Waals surface area contributed by atoms with Crippen molar-refractivity contribution in [2.75, 3.05) is 13.1 Å². The van der Waals surface area contributed by atoms with Gasteiger partial charge in [0, 0.05) is 25.0 Å². The second-order valence-electron chi connectivity index (χ2n) is 3.55. The molecular weight excluding hydrogens is 126 g/mol. The van der Waals surface area contributed by atoms with E-state index in [1.165, 1.54) is 0 Å². The molecule has 0 bridgehead atoms. The second kappa shape index (κ2) is 2.89. The van der Waals surface area contributed by atoms with Crippen molar-refractivity contribution in [3.63, 3.8) is 0 Å². The van der Waals surface area contributed by atoms with Crippen molar-refractivity contribution in [2.24, 2.45) is 5.92 Å². The maximum absolute atomic E-state index is 9.15. The number of hydrogen-bond donors (Lipinski definition) is 1. The van der Waals surface area contributed by atoms with E-state index in [0.29, 0.717) is 12.0 Å². The third kappa shape index (κ3) is 1.50. The number of hydrogen-bond acceptors (Lipinski definition) is 2. The minimum atomic E-state index is -0.116. The van der Waals surface area contributed by atoms with E-state index in [1.807, 2.05) is 6.92 Å². The van der Waals surface area contributed by atoms with Gasteiger partial charge in [0.1, 0.15) is 0 Å². The molecule has 0 spiro atoms. The number of rotatable bonds is 2. The summed E-state index contributed by atoms with van der Waals surface area (Å²) in [5.41, 5.74) is 0. The smallest absolute Gasteiger partial charge is 0.0564 e. The van der Waals surface area contributed by atoms with Crippen LogP contribution in [0.5, 0.6) is 0 Å². The van der Waals surface area contributed by atoms with Crippen LogP contribution in [-0.4, -0.2) is 35.2 Å². The molecule has 60 valence electrons. The molecule has 0 aromatic carbocycles. The highest BCUT2D eigenvalue weighted by Crippen LogP contribution is 2.20. The maximum Gasteiger partial charge on any atom is 0.0564 e. The Morgan fingerprint density at radius 1 is 1.30 bits per heavy atom. The standard InChI is InChI=1S/C8H17NO/c1-6(2)9-4-8(5-9)7(3)10/h6-8,10H,4-5H2,1-3H3/t7-/m1/s1. The summed E-state index contributed by atoms with van der Waals surface area (Å²) in [7, 11) is 0. The van der Waals surface area contributed by atoms with Crippen LogP contribution in [0.2, 0.25) is 0 Å². The first-order valence-electron chi connectivity index (χ1n) is 4.03. The van der Waals surface area contributed by atoms with Gasteiger partial charge in [-0.15, -0.1) is 0 Å². The van der Waals surface area contributed by atoms with Crippen molar-refractivity contribution in [1.29, 1.82) is 0 Å². The summed E-state index contributed by atoms with van der Waals surface area (Å²) in [5.74, 6) is 0.530. The van der Waals surface area contributed by atoms with Crippen LogP contribution >= 0.6 is 0 Å². The van der Waals surface area contributed by atoms with E-state index in [9.17, 15) is 0 Å². The first-order valence-corrected chi connectivity index (χ1v) is 4.03. The summed E-state index contributed by atoms with van der Waals surface area (Å²) in [4.78, 5) is 2.37. The second-order valence-corrected chi connectivity index (χ2v) is 3.55. The van der Waals surface area contributed by atoms with Crippen LogP contribution < -0.4 is 0 Å². The van der Waals surface area contributed by atoms with E-state index in [-0.39, 0.29) is 6.10 Å². The molecule has 1 aliphatic rings. The zero-order valence-electron chi connectivity index (χ0n) is 7.04. The fourth-order valence-corrected chi connectivity index (χ4v) is 1.28. The predicted octanol–water partition coefficient (Wildman–Crippen LogP) is 0.707. The zero-order chi connectivity index (χ0) is 7.72. The van der Waals surface area contributed by atoms with Gasteiger partial charge in [-0.1, -0.05) is 0 Å². The highest BCUT2D eigenvalue weighted by atomic mass is 16.3. The average Bonchev–Trinajstić information content (AvgIpc) is 1.56. The fourth-order valence-electron chi connectivity index (χ4n) is 1.28. The summed E-state index contributed by atoms with van der Waals surface area (Å²) < 4.78 is 0. The Balaban J connectivity index is 2.18. The molecule has 0 aromatic rings. The van der Waals surface area contributed by atoms with Gasteiger partial charge in [-0.3, -0.25) is 0 Å². The molecule has 2 nitrogen and oxygen atoms in total. The summed E-state index contributed by atoms with van der Waals surface area (Å²) in [5, 5.41) is 9.15. The molecular formula is C8H17NO. The Bertz CT molecular complexity index is 93.8. The van der Waals surface area contributed by atoms with Gasteiger partial charge in [0.25, 0.3) is 0 Å². The van der Waals surface area contributed by atoms with Crippen molar-refractivity contribution in [1.82, 2.24) is 4.90 Å². The SMILES string of the molecule is CC(C)N1CC([C@@H](C)O)C1. The molecule has 1 N–H and O–H groups in total. The van der Waals surface area contributed by atoms with Crippen LogP contribution in [0.15, 0.2) is 0 Å². The fraction of sp³-hybridized carbons (Fsp3) is 1.00. The molecule has 1 fully saturated rings. The summed E-state index contributed by atoms with van der Waals surface area (Å²) >= 11 is 0. The van der Waals surface area contributed by atoms with Gasteiger partial charge < -0.3 is 10.0 Å². The molecule has 0 saturated carbocycles. The largest absolute Gasteiger partial charge is 0.393 e. The molecule has 1 rings (SSSR count). The lowest BCUT2D eigenvalue weighted by molar-refractivity contribution is -0.0108.